The predicted octanol–water partition coefficient (Wildman–Crippen LogP) is -0.942. The largest absolute Gasteiger partial charge is 0.461 e. The lowest BCUT2D eigenvalue weighted by molar-refractivity contribution is -0.300. The molecule has 0 saturated carbocycles. The topological polar surface area (TPSA) is 155 Å². The first-order valence-corrected chi connectivity index (χ1v) is 10.2. The number of ether oxygens (including phenoxy) is 3. The van der Waals surface area contributed by atoms with E-state index in [0.29, 0.717) is 0 Å². The molecule has 1 aliphatic heterocycles. The van der Waals surface area contributed by atoms with Gasteiger partial charge in [0, 0.05) is 36.4 Å². The van der Waals surface area contributed by atoms with E-state index in [1.54, 1.807) is 0 Å². The van der Waals surface area contributed by atoms with Crippen molar-refractivity contribution in [2.75, 3.05) is 39.5 Å². The number of esters is 3. The van der Waals surface area contributed by atoms with E-state index in [1.165, 1.54) is 35.5 Å². The molecule has 12 heteroatoms. The number of hydrogen-bond acceptors (Lipinski definition) is 12. The van der Waals surface area contributed by atoms with Crippen molar-refractivity contribution in [2.24, 2.45) is 5.73 Å². The van der Waals surface area contributed by atoms with Gasteiger partial charge in [0.2, 0.25) is 0 Å². The average Bonchev–Trinajstić information content (AvgIpc) is 2.74. The normalized spacial score (nSPS) is 21.8. The van der Waals surface area contributed by atoms with Gasteiger partial charge in [0.05, 0.1) is 0 Å². The van der Waals surface area contributed by atoms with Gasteiger partial charge < -0.3 is 30.2 Å². The van der Waals surface area contributed by atoms with Gasteiger partial charge in [-0.15, -0.1) is 0 Å². The lowest BCUT2D eigenvalue weighted by Gasteiger charge is -2.52. The van der Waals surface area contributed by atoms with Gasteiger partial charge in [-0.2, -0.15) is 0 Å². The molecule has 33 heavy (non-hydrogen) atoms. The number of rotatable bonds is 12. The standard InChI is InChI=1S/C21H34N4O8/c1-13(2)16(26)31-10-7-23-19(22)24(8-11-32-17(27)14(3)4)21(30)25(20(23)29)9-12-33-18(28)15(5)6/h19-21,29-30H,1,3,5,7-12,22H2,2,4,6H3. The summed E-state index contributed by atoms with van der Waals surface area (Å²) < 4.78 is 15.2. The molecule has 1 fully saturated rings. The quantitative estimate of drug-likeness (QED) is 0.183. The number of nitrogens with zero attached hydrogens (tertiary/aromatic N) is 3. The van der Waals surface area contributed by atoms with Crippen molar-refractivity contribution in [1.82, 2.24) is 14.7 Å². The fourth-order valence-electron chi connectivity index (χ4n) is 2.79. The molecule has 1 heterocycles. The van der Waals surface area contributed by atoms with Crippen LogP contribution in [0.3, 0.4) is 0 Å². The minimum Gasteiger partial charge on any atom is -0.461 e. The van der Waals surface area contributed by atoms with Crippen LogP contribution in [-0.2, 0) is 28.6 Å². The molecule has 1 aliphatic rings. The summed E-state index contributed by atoms with van der Waals surface area (Å²) in [4.78, 5) is 38.9. The summed E-state index contributed by atoms with van der Waals surface area (Å²) in [5, 5.41) is 21.6. The van der Waals surface area contributed by atoms with Crippen LogP contribution in [0.25, 0.3) is 0 Å². The van der Waals surface area contributed by atoms with Crippen LogP contribution in [0.5, 0.6) is 0 Å². The Bertz CT molecular complexity index is 660. The third-order valence-corrected chi connectivity index (χ3v) is 4.66. The first kappa shape index (κ1) is 28.4. The molecule has 0 spiro atoms. The van der Waals surface area contributed by atoms with Crippen molar-refractivity contribution >= 4 is 17.9 Å². The molecule has 2 unspecified atom stereocenters. The van der Waals surface area contributed by atoms with E-state index in [-0.39, 0.29) is 56.2 Å². The minimum atomic E-state index is -1.39. The molecular formula is C21H34N4O8. The molecule has 4 N–H and O–H groups in total. The van der Waals surface area contributed by atoms with Crippen molar-refractivity contribution in [3.63, 3.8) is 0 Å². The molecule has 1 rings (SSSR count). The maximum Gasteiger partial charge on any atom is 0.333 e. The third-order valence-electron chi connectivity index (χ3n) is 4.66. The molecule has 0 aliphatic carbocycles. The number of carbonyl (C=O) groups excluding carboxylic acids is 3. The van der Waals surface area contributed by atoms with Gasteiger partial charge >= 0.3 is 17.9 Å². The Labute approximate surface area is 193 Å². The lowest BCUT2D eigenvalue weighted by Crippen LogP contribution is -2.74. The molecule has 0 aromatic rings. The molecule has 1 saturated heterocycles. The summed E-state index contributed by atoms with van der Waals surface area (Å²) >= 11 is 0. The molecule has 186 valence electrons. The third kappa shape index (κ3) is 8.35. The van der Waals surface area contributed by atoms with Gasteiger partial charge in [0.15, 0.2) is 12.7 Å². The number of aliphatic hydroxyl groups is 2. The Morgan fingerprint density at radius 3 is 1.24 bits per heavy atom. The molecule has 0 aromatic heterocycles. The first-order chi connectivity index (χ1) is 15.4. The van der Waals surface area contributed by atoms with Crippen LogP contribution in [0.1, 0.15) is 20.8 Å². The summed E-state index contributed by atoms with van der Waals surface area (Å²) in [7, 11) is 0. The van der Waals surface area contributed by atoms with Crippen LogP contribution >= 0.6 is 0 Å². The second kappa shape index (κ2) is 13.2. The highest BCUT2D eigenvalue weighted by Crippen LogP contribution is 2.21. The number of hydrogen-bond donors (Lipinski definition) is 3. The Morgan fingerprint density at radius 2 is 0.970 bits per heavy atom. The highest BCUT2D eigenvalue weighted by molar-refractivity contribution is 5.87. The smallest absolute Gasteiger partial charge is 0.333 e. The monoisotopic (exact) mass is 470 g/mol. The summed E-state index contributed by atoms with van der Waals surface area (Å²) in [5.74, 6) is -1.80. The van der Waals surface area contributed by atoms with E-state index in [2.05, 4.69) is 19.7 Å². The Hall–Kier alpha value is -2.61. The van der Waals surface area contributed by atoms with Crippen LogP contribution in [0.4, 0.5) is 0 Å². The van der Waals surface area contributed by atoms with Crippen LogP contribution in [0, 0.1) is 0 Å². The molecule has 12 nitrogen and oxygen atoms in total. The van der Waals surface area contributed by atoms with E-state index >= 15 is 0 Å². The van der Waals surface area contributed by atoms with Gasteiger partial charge in [0.1, 0.15) is 26.1 Å². The van der Waals surface area contributed by atoms with Crippen molar-refractivity contribution in [3.05, 3.63) is 36.5 Å². The van der Waals surface area contributed by atoms with Crippen LogP contribution in [0.15, 0.2) is 36.5 Å². The van der Waals surface area contributed by atoms with Crippen molar-refractivity contribution in [2.45, 2.75) is 39.8 Å². The molecule has 0 bridgehead atoms. The van der Waals surface area contributed by atoms with Crippen molar-refractivity contribution < 1.29 is 38.8 Å². The van der Waals surface area contributed by atoms with Crippen LogP contribution < -0.4 is 5.73 Å². The second-order valence-electron chi connectivity index (χ2n) is 7.57. The molecule has 0 aromatic carbocycles. The molecule has 0 radical (unpaired) electrons. The Balaban J connectivity index is 2.91. The van der Waals surface area contributed by atoms with Crippen LogP contribution in [-0.4, -0.2) is 101 Å². The van der Waals surface area contributed by atoms with Gasteiger partial charge in [-0.1, -0.05) is 19.7 Å². The zero-order chi connectivity index (χ0) is 25.3. The fourth-order valence-corrected chi connectivity index (χ4v) is 2.79. The summed E-state index contributed by atoms with van der Waals surface area (Å²) in [6.07, 6.45) is -3.80. The van der Waals surface area contributed by atoms with Crippen molar-refractivity contribution in [3.8, 4) is 0 Å². The molecule has 0 amide bonds. The SMILES string of the molecule is C=C(C)C(=O)OCCN1C(N)N(CCOC(=O)C(=C)C)C(O)N(CCOC(=O)C(=C)C)C1O. The van der Waals surface area contributed by atoms with Gasteiger partial charge in [-0.05, 0) is 20.8 Å². The van der Waals surface area contributed by atoms with E-state index in [4.69, 9.17) is 19.9 Å². The zero-order valence-electron chi connectivity index (χ0n) is 19.4. The van der Waals surface area contributed by atoms with Gasteiger partial charge in [-0.25, -0.2) is 29.1 Å². The van der Waals surface area contributed by atoms with Crippen LogP contribution in [0.2, 0.25) is 0 Å². The average molecular weight is 471 g/mol. The van der Waals surface area contributed by atoms with Gasteiger partial charge in [-0.3, -0.25) is 0 Å². The fraction of sp³-hybridized carbons (Fsp3) is 0.571. The number of aliphatic hydroxyl groups excluding tert-OH is 2. The zero-order valence-corrected chi connectivity index (χ0v) is 19.4. The van der Waals surface area contributed by atoms with Gasteiger partial charge in [0.25, 0.3) is 0 Å². The van der Waals surface area contributed by atoms with E-state index < -0.39 is 36.9 Å². The Morgan fingerprint density at radius 1 is 0.697 bits per heavy atom. The minimum absolute atomic E-state index is 0.0121. The van der Waals surface area contributed by atoms with E-state index in [1.807, 2.05) is 0 Å². The Kier molecular flexibility index (Phi) is 11.4. The van der Waals surface area contributed by atoms with Crippen molar-refractivity contribution in [1.29, 1.82) is 0 Å². The molecule has 2 atom stereocenters. The van der Waals surface area contributed by atoms with E-state index in [9.17, 15) is 24.6 Å². The summed E-state index contributed by atoms with van der Waals surface area (Å²) in [6.45, 7) is 14.6. The highest BCUT2D eigenvalue weighted by Gasteiger charge is 2.43. The highest BCUT2D eigenvalue weighted by atomic mass is 16.5. The number of carbonyl (C=O) groups is 3. The maximum atomic E-state index is 11.6. The molecular weight excluding hydrogens is 436 g/mol. The maximum absolute atomic E-state index is 11.6. The summed E-state index contributed by atoms with van der Waals surface area (Å²) in [6, 6.07) is 0. The summed E-state index contributed by atoms with van der Waals surface area (Å²) in [5.41, 5.74) is 6.87. The second-order valence-corrected chi connectivity index (χ2v) is 7.57. The first-order valence-electron chi connectivity index (χ1n) is 10.2. The number of nitrogens with two attached hydrogens (primary N) is 1. The lowest BCUT2D eigenvalue weighted by atomic mass is 10.3. The predicted molar refractivity (Wildman–Crippen MR) is 117 cm³/mol. The van der Waals surface area contributed by atoms with E-state index in [0.717, 1.165) is 0 Å².